The van der Waals surface area contributed by atoms with E-state index >= 15 is 0 Å². The predicted molar refractivity (Wildman–Crippen MR) is 91.2 cm³/mol. The van der Waals surface area contributed by atoms with Crippen LogP contribution in [0.4, 0.5) is 19.0 Å². The third kappa shape index (κ3) is 3.44. The number of nitrogens with zero attached hydrogens (tertiary/aromatic N) is 4. The average molecular weight is 362 g/mol. The fourth-order valence-corrected chi connectivity index (χ4v) is 3.22. The second kappa shape index (κ2) is 6.51. The Bertz CT molecular complexity index is 916. The summed E-state index contributed by atoms with van der Waals surface area (Å²) >= 11 is 0. The van der Waals surface area contributed by atoms with Crippen LogP contribution in [0.5, 0.6) is 5.75 Å². The van der Waals surface area contributed by atoms with E-state index in [1.54, 1.807) is 16.8 Å². The lowest BCUT2D eigenvalue weighted by molar-refractivity contribution is -0.274. The number of benzene rings is 1. The van der Waals surface area contributed by atoms with Crippen LogP contribution in [0.1, 0.15) is 19.3 Å². The number of piperidine rings is 1. The molecule has 0 spiro atoms. The Labute approximate surface area is 148 Å². The van der Waals surface area contributed by atoms with Crippen molar-refractivity contribution >= 4 is 11.5 Å². The molecule has 1 aliphatic rings. The fraction of sp³-hybridized carbons (Fsp3) is 0.333. The molecule has 0 radical (unpaired) electrons. The van der Waals surface area contributed by atoms with Gasteiger partial charge in [0.2, 0.25) is 0 Å². The van der Waals surface area contributed by atoms with Crippen LogP contribution < -0.4 is 9.64 Å². The van der Waals surface area contributed by atoms with E-state index in [-0.39, 0.29) is 5.75 Å². The van der Waals surface area contributed by atoms with Crippen LogP contribution in [0.15, 0.2) is 42.7 Å². The highest BCUT2D eigenvalue weighted by molar-refractivity contribution is 5.78. The molecule has 3 heterocycles. The lowest BCUT2D eigenvalue weighted by atomic mass is 10.1. The van der Waals surface area contributed by atoms with Crippen LogP contribution in [-0.2, 0) is 0 Å². The zero-order valence-electron chi connectivity index (χ0n) is 13.9. The smallest absolute Gasteiger partial charge is 0.406 e. The van der Waals surface area contributed by atoms with Crippen molar-refractivity contribution in [3.63, 3.8) is 0 Å². The lowest BCUT2D eigenvalue weighted by Gasteiger charge is -2.27. The van der Waals surface area contributed by atoms with E-state index in [1.807, 2.05) is 12.3 Å². The van der Waals surface area contributed by atoms with Gasteiger partial charge >= 0.3 is 6.36 Å². The van der Waals surface area contributed by atoms with Gasteiger partial charge in [-0.3, -0.25) is 0 Å². The molecule has 8 heteroatoms. The summed E-state index contributed by atoms with van der Waals surface area (Å²) in [4.78, 5) is 6.93. The van der Waals surface area contributed by atoms with E-state index in [2.05, 4.69) is 14.7 Å². The van der Waals surface area contributed by atoms with Gasteiger partial charge in [-0.05, 0) is 43.0 Å². The first-order valence-electron chi connectivity index (χ1n) is 8.45. The molecule has 1 aliphatic heterocycles. The third-order valence-electron chi connectivity index (χ3n) is 4.41. The quantitative estimate of drug-likeness (QED) is 0.697. The highest BCUT2D eigenvalue weighted by Crippen LogP contribution is 2.30. The van der Waals surface area contributed by atoms with E-state index in [1.165, 1.54) is 24.6 Å². The number of ether oxygens (including phenoxy) is 1. The zero-order chi connectivity index (χ0) is 18.1. The molecule has 3 aromatic rings. The van der Waals surface area contributed by atoms with E-state index in [9.17, 15) is 13.2 Å². The fourth-order valence-electron chi connectivity index (χ4n) is 3.22. The molecule has 0 amide bonds. The topological polar surface area (TPSA) is 42.7 Å². The second-order valence-electron chi connectivity index (χ2n) is 6.24. The minimum absolute atomic E-state index is 0.262. The van der Waals surface area contributed by atoms with Crippen molar-refractivity contribution in [2.24, 2.45) is 0 Å². The highest BCUT2D eigenvalue weighted by Gasteiger charge is 2.31. The van der Waals surface area contributed by atoms with Crippen LogP contribution in [0, 0.1) is 0 Å². The number of halogens is 3. The molecule has 0 saturated carbocycles. The number of rotatable bonds is 3. The van der Waals surface area contributed by atoms with Crippen LogP contribution >= 0.6 is 0 Å². The molecule has 26 heavy (non-hydrogen) atoms. The van der Waals surface area contributed by atoms with Crippen molar-refractivity contribution < 1.29 is 17.9 Å². The molecular weight excluding hydrogens is 345 g/mol. The Hall–Kier alpha value is -2.77. The zero-order valence-corrected chi connectivity index (χ0v) is 13.9. The number of hydrogen-bond acceptors (Lipinski definition) is 4. The molecule has 2 aromatic heterocycles. The van der Waals surface area contributed by atoms with Gasteiger partial charge < -0.3 is 9.64 Å². The first-order chi connectivity index (χ1) is 12.5. The largest absolute Gasteiger partial charge is 0.573 e. The summed E-state index contributed by atoms with van der Waals surface area (Å²) in [7, 11) is 0. The van der Waals surface area contributed by atoms with Crippen LogP contribution in [0.2, 0.25) is 0 Å². The molecule has 0 aliphatic carbocycles. The number of hydrogen-bond donors (Lipinski definition) is 0. The molecule has 1 saturated heterocycles. The Morgan fingerprint density at radius 3 is 2.62 bits per heavy atom. The van der Waals surface area contributed by atoms with Gasteiger partial charge in [-0.1, -0.05) is 12.1 Å². The molecule has 1 aromatic carbocycles. The van der Waals surface area contributed by atoms with E-state index in [4.69, 9.17) is 4.98 Å². The Balaban J connectivity index is 1.71. The maximum atomic E-state index is 12.5. The van der Waals surface area contributed by atoms with Gasteiger partial charge in [0.25, 0.3) is 0 Å². The minimum atomic E-state index is -4.72. The summed E-state index contributed by atoms with van der Waals surface area (Å²) in [6.45, 7) is 1.92. The van der Waals surface area contributed by atoms with Crippen molar-refractivity contribution in [2.45, 2.75) is 25.6 Å². The van der Waals surface area contributed by atoms with Crippen molar-refractivity contribution in [3.8, 4) is 16.9 Å². The number of alkyl halides is 3. The average Bonchev–Trinajstić information content (AvgIpc) is 3.04. The Morgan fingerprint density at radius 1 is 1.04 bits per heavy atom. The van der Waals surface area contributed by atoms with E-state index in [0.29, 0.717) is 16.8 Å². The van der Waals surface area contributed by atoms with Gasteiger partial charge in [-0.15, -0.1) is 13.2 Å². The molecular formula is C18H17F3N4O. The van der Waals surface area contributed by atoms with Gasteiger partial charge in [0, 0.05) is 24.8 Å². The number of fused-ring (bicyclic) bond motifs is 1. The molecule has 0 N–H and O–H groups in total. The summed E-state index contributed by atoms with van der Waals surface area (Å²) in [5.74, 6) is 0.600. The summed E-state index contributed by atoms with van der Waals surface area (Å²) < 4.78 is 43.1. The van der Waals surface area contributed by atoms with Gasteiger partial charge in [0.05, 0.1) is 6.20 Å². The van der Waals surface area contributed by atoms with Crippen molar-refractivity contribution in [1.82, 2.24) is 14.6 Å². The SMILES string of the molecule is FC(F)(F)Oc1cccc(-c2cnn3ccc(N4CCCCC4)nc23)c1. The van der Waals surface area contributed by atoms with E-state index < -0.39 is 6.36 Å². The second-order valence-corrected chi connectivity index (χ2v) is 6.24. The molecule has 136 valence electrons. The summed E-state index contributed by atoms with van der Waals surface area (Å²) in [5, 5.41) is 4.26. The number of aromatic nitrogens is 3. The highest BCUT2D eigenvalue weighted by atomic mass is 19.4. The predicted octanol–water partition coefficient (Wildman–Crippen LogP) is 4.29. The summed E-state index contributed by atoms with van der Waals surface area (Å²) in [6.07, 6.45) is 2.20. The summed E-state index contributed by atoms with van der Waals surface area (Å²) in [6, 6.07) is 7.78. The van der Waals surface area contributed by atoms with Gasteiger partial charge in [-0.2, -0.15) is 5.10 Å². The standard InChI is InChI=1S/C18H17F3N4O/c19-18(20,21)26-14-6-4-5-13(11-14)15-12-22-25-10-7-16(23-17(15)25)24-8-2-1-3-9-24/h4-7,10-12H,1-3,8-9H2. The summed E-state index contributed by atoms with van der Waals surface area (Å²) in [5.41, 5.74) is 1.85. The van der Waals surface area contributed by atoms with E-state index in [0.717, 1.165) is 31.7 Å². The maximum absolute atomic E-state index is 12.5. The monoisotopic (exact) mass is 362 g/mol. The Kier molecular flexibility index (Phi) is 4.18. The molecule has 5 nitrogen and oxygen atoms in total. The van der Waals surface area contributed by atoms with Gasteiger partial charge in [-0.25, -0.2) is 9.50 Å². The van der Waals surface area contributed by atoms with Crippen LogP contribution in [0.3, 0.4) is 0 Å². The Morgan fingerprint density at radius 2 is 1.85 bits per heavy atom. The van der Waals surface area contributed by atoms with Crippen molar-refractivity contribution in [3.05, 3.63) is 42.7 Å². The molecule has 4 rings (SSSR count). The lowest BCUT2D eigenvalue weighted by Crippen LogP contribution is -2.30. The van der Waals surface area contributed by atoms with Gasteiger partial charge in [0.1, 0.15) is 11.6 Å². The third-order valence-corrected chi connectivity index (χ3v) is 4.41. The first-order valence-corrected chi connectivity index (χ1v) is 8.45. The molecule has 0 atom stereocenters. The molecule has 1 fully saturated rings. The van der Waals surface area contributed by atoms with Crippen LogP contribution in [-0.4, -0.2) is 34.0 Å². The van der Waals surface area contributed by atoms with Gasteiger partial charge in [0.15, 0.2) is 5.65 Å². The van der Waals surface area contributed by atoms with Crippen molar-refractivity contribution in [2.75, 3.05) is 18.0 Å². The molecule has 0 unspecified atom stereocenters. The normalized spacial score (nSPS) is 15.4. The maximum Gasteiger partial charge on any atom is 0.573 e. The number of anilines is 1. The molecule has 0 bridgehead atoms. The first kappa shape index (κ1) is 16.7. The van der Waals surface area contributed by atoms with Crippen molar-refractivity contribution in [1.29, 1.82) is 0 Å². The van der Waals surface area contributed by atoms with Crippen LogP contribution in [0.25, 0.3) is 16.8 Å². The minimum Gasteiger partial charge on any atom is -0.406 e.